The Labute approximate surface area is 127 Å². The molecule has 0 fully saturated rings. The molecule has 1 atom stereocenters. The summed E-state index contributed by atoms with van der Waals surface area (Å²) >= 11 is 6.14. The van der Waals surface area contributed by atoms with Crippen LogP contribution in [0.3, 0.4) is 0 Å². The quantitative estimate of drug-likeness (QED) is 0.797. The molecule has 2 aromatic carbocycles. The molecule has 0 saturated carbocycles. The average molecular weight is 295 g/mol. The van der Waals surface area contributed by atoms with Crippen molar-refractivity contribution >= 4 is 23.6 Å². The fourth-order valence-corrected chi connectivity index (χ4v) is 2.65. The summed E-state index contributed by atoms with van der Waals surface area (Å²) in [5, 5.41) is 10.1. The highest BCUT2D eigenvalue weighted by Gasteiger charge is 2.29. The molecule has 4 heteroatoms. The van der Waals surface area contributed by atoms with Crippen molar-refractivity contribution in [3.05, 3.63) is 76.4 Å². The second-order valence-corrected chi connectivity index (χ2v) is 5.08. The molecule has 3 nitrogen and oxygen atoms in total. The molecule has 0 saturated heterocycles. The van der Waals surface area contributed by atoms with Crippen molar-refractivity contribution in [2.45, 2.75) is 6.04 Å². The molecule has 1 aliphatic heterocycles. The zero-order chi connectivity index (χ0) is 14.8. The number of nitriles is 1. The second-order valence-electron chi connectivity index (χ2n) is 4.67. The number of amides is 1. The lowest BCUT2D eigenvalue weighted by atomic mass is 9.96. The molecule has 0 spiro atoms. The Bertz CT molecular complexity index is 762. The Kier molecular flexibility index (Phi) is 3.47. The molecular weight excluding hydrogens is 284 g/mol. The number of benzene rings is 2. The number of carbonyl (C=O) groups is 1. The largest absolute Gasteiger partial charge is 0.294 e. The van der Waals surface area contributed by atoms with Crippen LogP contribution in [0.5, 0.6) is 0 Å². The molecule has 2 aromatic rings. The van der Waals surface area contributed by atoms with Gasteiger partial charge in [-0.1, -0.05) is 41.9 Å². The third kappa shape index (κ3) is 2.31. The summed E-state index contributed by atoms with van der Waals surface area (Å²) in [5.41, 5.74) is 2.09. The number of nitrogens with zero attached hydrogens (tertiary/aromatic N) is 2. The van der Waals surface area contributed by atoms with E-state index in [0.717, 1.165) is 11.1 Å². The average Bonchev–Trinajstić information content (AvgIpc) is 2.54. The van der Waals surface area contributed by atoms with E-state index in [0.29, 0.717) is 10.6 Å². The van der Waals surface area contributed by atoms with Crippen molar-refractivity contribution in [3.8, 4) is 6.07 Å². The van der Waals surface area contributed by atoms with Crippen molar-refractivity contribution < 1.29 is 4.79 Å². The summed E-state index contributed by atoms with van der Waals surface area (Å²) in [4.78, 5) is 14.0. The minimum atomic E-state index is -0.670. The van der Waals surface area contributed by atoms with Crippen LogP contribution in [0.25, 0.3) is 6.08 Å². The molecule has 1 aliphatic rings. The molecular formula is C17H11ClN2O. The van der Waals surface area contributed by atoms with E-state index in [1.54, 1.807) is 48.7 Å². The predicted molar refractivity (Wildman–Crippen MR) is 81.5 cm³/mol. The van der Waals surface area contributed by atoms with Crippen LogP contribution in [-0.2, 0) is 0 Å². The number of fused-ring (bicyclic) bond motifs is 1. The van der Waals surface area contributed by atoms with E-state index < -0.39 is 6.04 Å². The monoisotopic (exact) mass is 294 g/mol. The van der Waals surface area contributed by atoms with Gasteiger partial charge in [-0.3, -0.25) is 9.69 Å². The molecule has 1 heterocycles. The van der Waals surface area contributed by atoms with Gasteiger partial charge in [0, 0.05) is 22.3 Å². The maximum absolute atomic E-state index is 12.6. The Morgan fingerprint density at radius 2 is 1.90 bits per heavy atom. The first-order valence-corrected chi connectivity index (χ1v) is 6.84. The van der Waals surface area contributed by atoms with Gasteiger partial charge in [0.2, 0.25) is 0 Å². The Morgan fingerprint density at radius 1 is 1.14 bits per heavy atom. The number of halogens is 1. The van der Waals surface area contributed by atoms with Gasteiger partial charge in [-0.25, -0.2) is 0 Å². The summed E-state index contributed by atoms with van der Waals surface area (Å²) in [5.74, 6) is -0.205. The van der Waals surface area contributed by atoms with E-state index in [-0.39, 0.29) is 5.91 Å². The van der Waals surface area contributed by atoms with Crippen LogP contribution in [0.1, 0.15) is 27.5 Å². The molecule has 0 aliphatic carbocycles. The molecule has 3 rings (SSSR count). The first kappa shape index (κ1) is 13.4. The second kappa shape index (κ2) is 5.43. The zero-order valence-corrected chi connectivity index (χ0v) is 11.8. The lowest BCUT2D eigenvalue weighted by molar-refractivity contribution is 0.0794. The standard InChI is InChI=1S/C17H11ClN2O/c18-15-8-4-7-14-13(15)9-10-20(16(14)11-19)17(21)12-5-2-1-3-6-12/h1-10,16H. The van der Waals surface area contributed by atoms with E-state index in [1.165, 1.54) is 4.90 Å². The van der Waals surface area contributed by atoms with E-state index in [1.807, 2.05) is 12.1 Å². The third-order valence-corrected chi connectivity index (χ3v) is 3.77. The van der Waals surface area contributed by atoms with E-state index in [2.05, 4.69) is 6.07 Å². The Hall–Kier alpha value is -2.57. The molecule has 0 radical (unpaired) electrons. The lowest BCUT2D eigenvalue weighted by Gasteiger charge is -2.29. The summed E-state index contributed by atoms with van der Waals surface area (Å²) in [7, 11) is 0. The number of rotatable bonds is 1. The highest BCUT2D eigenvalue weighted by molar-refractivity contribution is 6.32. The Balaban J connectivity index is 2.04. The van der Waals surface area contributed by atoms with Gasteiger partial charge in [-0.15, -0.1) is 0 Å². The lowest BCUT2D eigenvalue weighted by Crippen LogP contribution is -2.31. The van der Waals surface area contributed by atoms with Crippen molar-refractivity contribution in [3.63, 3.8) is 0 Å². The zero-order valence-electron chi connectivity index (χ0n) is 11.0. The van der Waals surface area contributed by atoms with Crippen LogP contribution >= 0.6 is 11.6 Å². The molecule has 1 amide bonds. The molecule has 0 aromatic heterocycles. The van der Waals surface area contributed by atoms with Gasteiger partial charge in [0.05, 0.1) is 6.07 Å². The SMILES string of the molecule is N#CC1c2cccc(Cl)c2C=CN1C(=O)c1ccccc1. The van der Waals surface area contributed by atoms with Gasteiger partial charge in [-0.2, -0.15) is 5.26 Å². The van der Waals surface area contributed by atoms with Crippen molar-refractivity contribution in [2.75, 3.05) is 0 Å². The molecule has 0 bridgehead atoms. The summed E-state index contributed by atoms with van der Waals surface area (Å²) < 4.78 is 0. The van der Waals surface area contributed by atoms with Crippen LogP contribution in [0.15, 0.2) is 54.7 Å². The maximum atomic E-state index is 12.6. The molecule has 21 heavy (non-hydrogen) atoms. The van der Waals surface area contributed by atoms with E-state index >= 15 is 0 Å². The highest BCUT2D eigenvalue weighted by atomic mass is 35.5. The number of hydrogen-bond acceptors (Lipinski definition) is 2. The predicted octanol–water partition coefficient (Wildman–Crippen LogP) is 4.03. The molecule has 102 valence electrons. The van der Waals surface area contributed by atoms with Crippen molar-refractivity contribution in [1.82, 2.24) is 4.90 Å². The van der Waals surface area contributed by atoms with Gasteiger partial charge in [0.25, 0.3) is 5.91 Å². The van der Waals surface area contributed by atoms with Crippen LogP contribution in [0.2, 0.25) is 5.02 Å². The maximum Gasteiger partial charge on any atom is 0.259 e. The Morgan fingerprint density at radius 3 is 2.62 bits per heavy atom. The fraction of sp³-hybridized carbons (Fsp3) is 0.0588. The topological polar surface area (TPSA) is 44.1 Å². The van der Waals surface area contributed by atoms with Gasteiger partial charge in [0.1, 0.15) is 6.04 Å². The summed E-state index contributed by atoms with van der Waals surface area (Å²) in [6.07, 6.45) is 3.39. The number of carbonyl (C=O) groups excluding carboxylic acids is 1. The van der Waals surface area contributed by atoms with Gasteiger partial charge in [0.15, 0.2) is 0 Å². The minimum Gasteiger partial charge on any atom is -0.294 e. The summed E-state index contributed by atoms with van der Waals surface area (Å²) in [6.45, 7) is 0. The van der Waals surface area contributed by atoms with Gasteiger partial charge < -0.3 is 0 Å². The fourth-order valence-electron chi connectivity index (χ4n) is 2.41. The molecule has 0 N–H and O–H groups in total. The first-order chi connectivity index (χ1) is 10.2. The third-order valence-electron chi connectivity index (χ3n) is 3.44. The normalized spacial score (nSPS) is 16.2. The molecule has 1 unspecified atom stereocenters. The smallest absolute Gasteiger partial charge is 0.259 e. The van der Waals surface area contributed by atoms with E-state index in [4.69, 9.17) is 11.6 Å². The van der Waals surface area contributed by atoms with Crippen LogP contribution in [0.4, 0.5) is 0 Å². The van der Waals surface area contributed by atoms with Gasteiger partial charge in [-0.05, 0) is 29.8 Å². The van der Waals surface area contributed by atoms with Crippen molar-refractivity contribution in [1.29, 1.82) is 5.26 Å². The first-order valence-electron chi connectivity index (χ1n) is 6.46. The van der Waals surface area contributed by atoms with Crippen molar-refractivity contribution in [2.24, 2.45) is 0 Å². The highest BCUT2D eigenvalue weighted by Crippen LogP contribution is 2.34. The van der Waals surface area contributed by atoms with Crippen LogP contribution in [0, 0.1) is 11.3 Å². The van der Waals surface area contributed by atoms with Crippen LogP contribution in [-0.4, -0.2) is 10.8 Å². The number of hydrogen-bond donors (Lipinski definition) is 0. The summed E-state index contributed by atoms with van der Waals surface area (Å²) in [6, 6.07) is 15.8. The van der Waals surface area contributed by atoms with Crippen LogP contribution < -0.4 is 0 Å². The van der Waals surface area contributed by atoms with E-state index in [9.17, 15) is 10.1 Å². The van der Waals surface area contributed by atoms with Gasteiger partial charge >= 0.3 is 0 Å². The minimum absolute atomic E-state index is 0.205.